The van der Waals surface area contributed by atoms with Crippen molar-refractivity contribution in [2.45, 2.75) is 19.4 Å². The van der Waals surface area contributed by atoms with Crippen molar-refractivity contribution < 1.29 is 9.31 Å². The fourth-order valence-corrected chi connectivity index (χ4v) is 1.16. The minimum Gasteiger partial charge on any atom is -0.328 e. The van der Waals surface area contributed by atoms with Gasteiger partial charge in [-0.2, -0.15) is 0 Å². The lowest BCUT2D eigenvalue weighted by Crippen LogP contribution is -2.18. The molecule has 0 bridgehead atoms. The number of hydrogen-bond donors (Lipinski definition) is 1. The normalized spacial score (nSPS) is 12.5. The van der Waals surface area contributed by atoms with E-state index >= 15 is 0 Å². The van der Waals surface area contributed by atoms with Crippen LogP contribution in [-0.2, 0) is 6.42 Å². The summed E-state index contributed by atoms with van der Waals surface area (Å²) in [5.41, 5.74) is 5.66. The summed E-state index contributed by atoms with van der Waals surface area (Å²) in [5, 5.41) is 10.3. The Balaban J connectivity index is 2.95. The molecule has 0 saturated heterocycles. The molecular weight excluding hydrogens is 187 g/mol. The summed E-state index contributed by atoms with van der Waals surface area (Å²) in [6, 6.07) is 3.43. The first-order chi connectivity index (χ1) is 6.50. The number of nitrogens with two attached hydrogens (primary N) is 1. The lowest BCUT2D eigenvalue weighted by atomic mass is 10.1. The van der Waals surface area contributed by atoms with Gasteiger partial charge in [0.25, 0.3) is 5.69 Å². The van der Waals surface area contributed by atoms with Gasteiger partial charge in [0.1, 0.15) is 5.82 Å². The van der Waals surface area contributed by atoms with Crippen molar-refractivity contribution in [1.82, 2.24) is 0 Å². The van der Waals surface area contributed by atoms with Crippen LogP contribution in [0.25, 0.3) is 0 Å². The third-order valence-corrected chi connectivity index (χ3v) is 1.79. The molecule has 2 N–H and O–H groups in total. The molecule has 1 aromatic carbocycles. The number of non-ortho nitro benzene ring substituents is 1. The lowest BCUT2D eigenvalue weighted by molar-refractivity contribution is -0.385. The fraction of sp³-hybridized carbons (Fsp3) is 0.333. The minimum absolute atomic E-state index is 0.161. The summed E-state index contributed by atoms with van der Waals surface area (Å²) in [6.45, 7) is 1.75. The summed E-state index contributed by atoms with van der Waals surface area (Å²) in [7, 11) is 0. The number of hydrogen-bond acceptors (Lipinski definition) is 3. The Morgan fingerprint density at radius 1 is 1.64 bits per heavy atom. The topological polar surface area (TPSA) is 69.2 Å². The maximum absolute atomic E-state index is 13.2. The molecule has 0 heterocycles. The maximum atomic E-state index is 13.2. The molecule has 1 unspecified atom stereocenters. The van der Waals surface area contributed by atoms with E-state index in [1.807, 2.05) is 0 Å². The van der Waals surface area contributed by atoms with Gasteiger partial charge in [-0.15, -0.1) is 0 Å². The Morgan fingerprint density at radius 2 is 2.29 bits per heavy atom. The third kappa shape index (κ3) is 2.50. The van der Waals surface area contributed by atoms with Gasteiger partial charge < -0.3 is 5.73 Å². The van der Waals surface area contributed by atoms with Gasteiger partial charge in [0.15, 0.2) is 0 Å². The average Bonchev–Trinajstić information content (AvgIpc) is 2.07. The molecule has 0 radical (unpaired) electrons. The molecule has 0 aliphatic carbocycles. The molecule has 0 aliphatic heterocycles. The van der Waals surface area contributed by atoms with Crippen molar-refractivity contribution in [1.29, 1.82) is 0 Å². The standard InChI is InChI=1S/C9H11FN2O2/c1-6(11)4-7-2-3-8(12(13)14)5-9(7)10/h2-3,5-6H,4,11H2,1H3. The average molecular weight is 198 g/mol. The molecule has 0 saturated carbocycles. The zero-order chi connectivity index (χ0) is 10.7. The van der Waals surface area contributed by atoms with E-state index in [-0.39, 0.29) is 11.7 Å². The molecule has 0 aromatic heterocycles. The van der Waals surface area contributed by atoms with E-state index in [9.17, 15) is 14.5 Å². The SMILES string of the molecule is CC(N)Cc1ccc([N+](=O)[O-])cc1F. The first-order valence-corrected chi connectivity index (χ1v) is 4.19. The molecule has 0 spiro atoms. The summed E-state index contributed by atoms with van der Waals surface area (Å²) in [4.78, 5) is 9.67. The van der Waals surface area contributed by atoms with Gasteiger partial charge in [-0.3, -0.25) is 10.1 Å². The molecule has 5 heteroatoms. The first-order valence-electron chi connectivity index (χ1n) is 4.19. The zero-order valence-electron chi connectivity index (χ0n) is 7.74. The van der Waals surface area contributed by atoms with Crippen molar-refractivity contribution in [3.63, 3.8) is 0 Å². The Bertz CT molecular complexity index is 353. The molecule has 4 nitrogen and oxygen atoms in total. The van der Waals surface area contributed by atoms with Gasteiger partial charge >= 0.3 is 0 Å². The van der Waals surface area contributed by atoms with Crippen LogP contribution in [0.15, 0.2) is 18.2 Å². The number of rotatable bonds is 3. The van der Waals surface area contributed by atoms with Crippen LogP contribution in [0.3, 0.4) is 0 Å². The van der Waals surface area contributed by atoms with Crippen molar-refractivity contribution in [2.24, 2.45) is 5.73 Å². The van der Waals surface area contributed by atoms with E-state index in [4.69, 9.17) is 5.73 Å². The Labute approximate surface area is 80.7 Å². The monoisotopic (exact) mass is 198 g/mol. The van der Waals surface area contributed by atoms with Gasteiger partial charge in [-0.25, -0.2) is 4.39 Å². The van der Waals surface area contributed by atoms with E-state index in [1.165, 1.54) is 12.1 Å². The van der Waals surface area contributed by atoms with Crippen LogP contribution < -0.4 is 5.73 Å². The molecular formula is C9H11FN2O2. The fourth-order valence-electron chi connectivity index (χ4n) is 1.16. The first kappa shape index (κ1) is 10.6. The summed E-state index contributed by atoms with van der Waals surface area (Å²) >= 11 is 0. The molecule has 0 aliphatic rings. The number of nitro benzene ring substituents is 1. The highest BCUT2D eigenvalue weighted by molar-refractivity contribution is 5.34. The van der Waals surface area contributed by atoms with Crippen LogP contribution >= 0.6 is 0 Å². The molecule has 1 atom stereocenters. The second kappa shape index (κ2) is 4.15. The predicted molar refractivity (Wildman–Crippen MR) is 50.4 cm³/mol. The number of benzene rings is 1. The summed E-state index contributed by atoms with van der Waals surface area (Å²) in [5.74, 6) is -0.573. The van der Waals surface area contributed by atoms with Gasteiger partial charge in [0.2, 0.25) is 0 Å². The highest BCUT2D eigenvalue weighted by Crippen LogP contribution is 2.17. The maximum Gasteiger partial charge on any atom is 0.272 e. The van der Waals surface area contributed by atoms with Crippen molar-refractivity contribution in [2.75, 3.05) is 0 Å². The third-order valence-electron chi connectivity index (χ3n) is 1.79. The predicted octanol–water partition coefficient (Wildman–Crippen LogP) is 1.62. The van der Waals surface area contributed by atoms with Gasteiger partial charge in [0, 0.05) is 12.1 Å². The van der Waals surface area contributed by atoms with E-state index in [0.717, 1.165) is 6.07 Å². The van der Waals surface area contributed by atoms with Crippen molar-refractivity contribution in [3.8, 4) is 0 Å². The van der Waals surface area contributed by atoms with Crippen LogP contribution in [0.4, 0.5) is 10.1 Å². The smallest absolute Gasteiger partial charge is 0.272 e. The Morgan fingerprint density at radius 3 is 2.71 bits per heavy atom. The van der Waals surface area contributed by atoms with E-state index in [0.29, 0.717) is 12.0 Å². The van der Waals surface area contributed by atoms with Gasteiger partial charge in [-0.1, -0.05) is 0 Å². The van der Waals surface area contributed by atoms with Crippen LogP contribution in [0, 0.1) is 15.9 Å². The summed E-state index contributed by atoms with van der Waals surface area (Å²) in [6.07, 6.45) is 0.379. The Hall–Kier alpha value is -1.49. The van der Waals surface area contributed by atoms with Gasteiger partial charge in [0.05, 0.1) is 11.0 Å². The summed E-state index contributed by atoms with van der Waals surface area (Å²) < 4.78 is 13.2. The quantitative estimate of drug-likeness (QED) is 0.592. The molecule has 14 heavy (non-hydrogen) atoms. The zero-order valence-corrected chi connectivity index (χ0v) is 7.74. The number of halogens is 1. The van der Waals surface area contributed by atoms with E-state index in [1.54, 1.807) is 6.92 Å². The second-order valence-electron chi connectivity index (χ2n) is 3.21. The molecule has 0 amide bonds. The van der Waals surface area contributed by atoms with Crippen LogP contribution in [-0.4, -0.2) is 11.0 Å². The highest BCUT2D eigenvalue weighted by Gasteiger charge is 2.11. The minimum atomic E-state index is -0.626. The number of nitrogens with zero attached hydrogens (tertiary/aromatic N) is 1. The molecule has 76 valence electrons. The van der Waals surface area contributed by atoms with Crippen LogP contribution in [0.1, 0.15) is 12.5 Å². The second-order valence-corrected chi connectivity index (χ2v) is 3.21. The Kier molecular flexibility index (Phi) is 3.14. The molecule has 0 fully saturated rings. The highest BCUT2D eigenvalue weighted by atomic mass is 19.1. The molecule has 1 aromatic rings. The molecule has 1 rings (SSSR count). The lowest BCUT2D eigenvalue weighted by Gasteiger charge is -2.05. The van der Waals surface area contributed by atoms with Crippen LogP contribution in [0.5, 0.6) is 0 Å². The van der Waals surface area contributed by atoms with E-state index < -0.39 is 10.7 Å². The van der Waals surface area contributed by atoms with Crippen molar-refractivity contribution in [3.05, 3.63) is 39.7 Å². The van der Waals surface area contributed by atoms with Crippen molar-refractivity contribution >= 4 is 5.69 Å². The van der Waals surface area contributed by atoms with Crippen LogP contribution in [0.2, 0.25) is 0 Å². The largest absolute Gasteiger partial charge is 0.328 e. The number of nitro groups is 1. The van der Waals surface area contributed by atoms with Gasteiger partial charge in [-0.05, 0) is 25.0 Å². The van der Waals surface area contributed by atoms with E-state index in [2.05, 4.69) is 0 Å².